The third-order valence-corrected chi connectivity index (χ3v) is 16.6. The number of esters is 2. The minimum absolute atomic E-state index is 0.0751. The Kier molecular flexibility index (Phi) is 17.2. The summed E-state index contributed by atoms with van der Waals surface area (Å²) < 4.78 is 34.6. The Bertz CT molecular complexity index is 1810. The molecular weight excluding hydrogens is 908 g/mol. The molecular formula is C45H72O23. The molecule has 23 nitrogen and oxygen atoms in total. The zero-order valence-corrected chi connectivity index (χ0v) is 38.5. The van der Waals surface area contributed by atoms with Crippen LogP contribution >= 0.6 is 0 Å². The Morgan fingerprint density at radius 1 is 0.721 bits per heavy atom. The first kappa shape index (κ1) is 54.8. The number of carbonyl (C=O) groups is 2. The van der Waals surface area contributed by atoms with Gasteiger partial charge in [-0.3, -0.25) is 4.79 Å². The second kappa shape index (κ2) is 21.3. The summed E-state index contributed by atoms with van der Waals surface area (Å²) in [5.41, 5.74) is -2.99. The van der Waals surface area contributed by atoms with E-state index in [1.807, 2.05) is 6.92 Å². The summed E-state index contributed by atoms with van der Waals surface area (Å²) >= 11 is 0. The van der Waals surface area contributed by atoms with Crippen molar-refractivity contribution in [3.63, 3.8) is 0 Å². The van der Waals surface area contributed by atoms with Gasteiger partial charge in [-0.2, -0.15) is 0 Å². The molecule has 2 aliphatic heterocycles. The lowest BCUT2D eigenvalue weighted by Crippen LogP contribution is -2.63. The maximum atomic E-state index is 14.3. The van der Waals surface area contributed by atoms with E-state index in [1.54, 1.807) is 6.92 Å². The predicted octanol–water partition coefficient (Wildman–Crippen LogP) is -4.22. The zero-order valence-electron chi connectivity index (χ0n) is 38.5. The van der Waals surface area contributed by atoms with E-state index in [9.17, 15) is 86.2 Å². The maximum absolute atomic E-state index is 14.3. The van der Waals surface area contributed by atoms with Crippen molar-refractivity contribution in [1.82, 2.24) is 0 Å². The van der Waals surface area contributed by atoms with Crippen LogP contribution in [0.15, 0.2) is 23.7 Å². The van der Waals surface area contributed by atoms with Crippen molar-refractivity contribution in [2.45, 2.75) is 183 Å². The van der Waals surface area contributed by atoms with Gasteiger partial charge in [0.15, 0.2) is 17.6 Å². The maximum Gasteiger partial charge on any atom is 0.343 e. The van der Waals surface area contributed by atoms with Crippen molar-refractivity contribution in [2.24, 2.45) is 34.0 Å². The van der Waals surface area contributed by atoms with Crippen LogP contribution in [0.1, 0.15) is 85.0 Å². The van der Waals surface area contributed by atoms with Crippen LogP contribution in [0.3, 0.4) is 0 Å². The van der Waals surface area contributed by atoms with E-state index in [-0.39, 0.29) is 18.3 Å². The number of fused-ring (bicyclic) bond motifs is 3. The molecule has 4 aliphatic carbocycles. The van der Waals surface area contributed by atoms with Crippen LogP contribution in [0.4, 0.5) is 0 Å². The molecule has 23 heteroatoms. The number of aliphatic hydroxyl groups is 15. The molecule has 0 aromatic heterocycles. The van der Waals surface area contributed by atoms with Gasteiger partial charge in [0.05, 0.1) is 30.3 Å². The molecule has 15 N–H and O–H groups in total. The average Bonchev–Trinajstić information content (AvgIpc) is 3.39. The molecule has 22 atom stereocenters. The summed E-state index contributed by atoms with van der Waals surface area (Å²) in [6.07, 6.45) is -26.0. The lowest BCUT2D eigenvalue weighted by molar-refractivity contribution is -0.305. The van der Waals surface area contributed by atoms with E-state index in [0.29, 0.717) is 44.1 Å². The first-order valence-corrected chi connectivity index (χ1v) is 23.4. The highest BCUT2D eigenvalue weighted by atomic mass is 16.7. The van der Waals surface area contributed by atoms with Crippen molar-refractivity contribution in [3.8, 4) is 0 Å². The van der Waals surface area contributed by atoms with Gasteiger partial charge in [0.25, 0.3) is 0 Å². The molecule has 2 saturated heterocycles. The van der Waals surface area contributed by atoms with Gasteiger partial charge in [0.2, 0.25) is 18.9 Å². The number of aliphatic hydroxyl groups excluding tert-OH is 15. The Morgan fingerprint density at radius 2 is 1.28 bits per heavy atom. The number of rotatable bonds is 18. The normalized spacial score (nSPS) is 44.0. The van der Waals surface area contributed by atoms with Crippen LogP contribution < -0.4 is 0 Å². The smallest absolute Gasteiger partial charge is 0.343 e. The fourth-order valence-electron chi connectivity index (χ4n) is 12.8. The van der Waals surface area contributed by atoms with E-state index in [4.69, 9.17) is 28.4 Å². The molecule has 0 amide bonds. The van der Waals surface area contributed by atoms with Crippen LogP contribution in [-0.2, 0) is 38.0 Å². The second-order valence-corrected chi connectivity index (χ2v) is 20.2. The topological polar surface area (TPSA) is 393 Å². The molecule has 2 bridgehead atoms. The quantitative estimate of drug-likeness (QED) is 0.0268. The number of carbonyl (C=O) groups excluding carboxylic acids is 2. The standard InChI is InChI=1S/C45H72O23/c1-19-16-44-12-6-25-42(3,10-5-11-43(25,4)41(62)67-40-34(59)31(56)29(54)24(18-49)64-40)26(44)7-13-45(19,20(44)2)68-38(61)36(66-39-33(58)30(55)28(53)23(17-48)63-39)35(22(51)9-15-47)65-37(60)32(57)27(52)21(50)8-14-46/h20-34,38-40,46-59,61H,1,5-18H2,2-4H3. The minimum Gasteiger partial charge on any atom is -0.457 e. The molecule has 6 aliphatic rings. The van der Waals surface area contributed by atoms with Gasteiger partial charge < -0.3 is 105 Å². The van der Waals surface area contributed by atoms with E-state index in [2.05, 4.69) is 13.5 Å². The Balaban J connectivity index is 1.32. The van der Waals surface area contributed by atoms with Crippen LogP contribution in [-0.4, -0.2) is 213 Å². The largest absolute Gasteiger partial charge is 0.457 e. The van der Waals surface area contributed by atoms with E-state index < -0.39 is 183 Å². The summed E-state index contributed by atoms with van der Waals surface area (Å²) in [4.78, 5) is 27.7. The number of hydrogen-bond acceptors (Lipinski definition) is 23. The summed E-state index contributed by atoms with van der Waals surface area (Å²) in [5, 5.41) is 157. The number of ether oxygens (including phenoxy) is 6. The minimum atomic E-state index is -2.53. The highest BCUT2D eigenvalue weighted by molar-refractivity contribution is 5.77. The second-order valence-electron chi connectivity index (χ2n) is 20.2. The first-order valence-electron chi connectivity index (χ1n) is 23.4. The average molecular weight is 981 g/mol. The third-order valence-electron chi connectivity index (χ3n) is 16.6. The Morgan fingerprint density at radius 3 is 1.84 bits per heavy atom. The molecule has 1 spiro atoms. The summed E-state index contributed by atoms with van der Waals surface area (Å²) in [7, 11) is 0. The summed E-state index contributed by atoms with van der Waals surface area (Å²) in [6.45, 7) is 7.26. The fraction of sp³-hybridized carbons (Fsp3) is 0.867. The van der Waals surface area contributed by atoms with Gasteiger partial charge in [-0.15, -0.1) is 0 Å². The van der Waals surface area contributed by atoms with Crippen molar-refractivity contribution >= 4 is 11.9 Å². The Labute approximate surface area is 392 Å². The summed E-state index contributed by atoms with van der Waals surface area (Å²) in [5.74, 6) is -5.20. The van der Waals surface area contributed by atoms with Gasteiger partial charge in [-0.25, -0.2) is 4.79 Å². The van der Waals surface area contributed by atoms with Crippen LogP contribution in [0.5, 0.6) is 0 Å². The molecule has 390 valence electrons. The van der Waals surface area contributed by atoms with Crippen molar-refractivity contribution in [1.29, 1.82) is 0 Å². The fourth-order valence-corrected chi connectivity index (χ4v) is 12.8. The van der Waals surface area contributed by atoms with Gasteiger partial charge >= 0.3 is 11.9 Å². The van der Waals surface area contributed by atoms with Crippen LogP contribution in [0.25, 0.3) is 0 Å². The lowest BCUT2D eigenvalue weighted by Gasteiger charge is -2.65. The van der Waals surface area contributed by atoms with Gasteiger partial charge in [0.1, 0.15) is 61.0 Å². The monoisotopic (exact) mass is 980 g/mol. The highest BCUT2D eigenvalue weighted by Gasteiger charge is 2.72. The molecule has 0 aromatic carbocycles. The molecule has 4 saturated carbocycles. The van der Waals surface area contributed by atoms with E-state index in [0.717, 1.165) is 6.42 Å². The molecule has 22 unspecified atom stereocenters. The van der Waals surface area contributed by atoms with Gasteiger partial charge in [-0.05, 0) is 92.4 Å². The van der Waals surface area contributed by atoms with Crippen molar-refractivity contribution < 1.29 is 115 Å². The summed E-state index contributed by atoms with van der Waals surface area (Å²) in [6, 6.07) is 0. The van der Waals surface area contributed by atoms with Crippen LogP contribution in [0.2, 0.25) is 0 Å². The predicted molar refractivity (Wildman–Crippen MR) is 226 cm³/mol. The molecule has 0 aromatic rings. The molecule has 0 radical (unpaired) electrons. The van der Waals surface area contributed by atoms with E-state index >= 15 is 0 Å². The van der Waals surface area contributed by atoms with Crippen molar-refractivity contribution in [3.05, 3.63) is 23.7 Å². The van der Waals surface area contributed by atoms with Gasteiger partial charge in [-0.1, -0.05) is 26.8 Å². The highest BCUT2D eigenvalue weighted by Crippen LogP contribution is 2.75. The SMILES string of the molecule is C=C1CC23CCC4C(C)(C(=O)OC5OC(CO)C(O)C(O)C5O)CCCC4(C)C2CCC1(OC(O)C(OC1OC(CO)C(O)C(O)C1O)=C(OC(=O)C(O)C(O)C(O)CCO)C(O)CCO)C3C. The lowest BCUT2D eigenvalue weighted by atomic mass is 9.39. The first-order chi connectivity index (χ1) is 31.9. The molecule has 6 fully saturated rings. The molecule has 6 rings (SSSR count). The molecule has 2 heterocycles. The van der Waals surface area contributed by atoms with Crippen molar-refractivity contribution in [2.75, 3.05) is 26.4 Å². The van der Waals surface area contributed by atoms with E-state index in [1.165, 1.54) is 0 Å². The van der Waals surface area contributed by atoms with Crippen LogP contribution in [0, 0.1) is 34.0 Å². The van der Waals surface area contributed by atoms with Gasteiger partial charge in [0, 0.05) is 19.6 Å². The number of hydrogen-bond donors (Lipinski definition) is 15. The Hall–Kier alpha value is -2.50. The zero-order chi connectivity index (χ0) is 50.4. The molecule has 68 heavy (non-hydrogen) atoms. The third kappa shape index (κ3) is 9.51.